The Labute approximate surface area is 130 Å². The third-order valence-electron chi connectivity index (χ3n) is 3.03. The standard InChI is InChI=1S/C16H11F2N3O2/c17-10-4-5-12(13(18)7-10)14-8-11(21-23-14)9-16(22)20-15-3-1-2-6-19-15/h1-8H,9H2,(H,19,20,22). The van der Waals surface area contributed by atoms with E-state index < -0.39 is 11.6 Å². The first-order valence-corrected chi connectivity index (χ1v) is 6.74. The molecule has 3 rings (SSSR count). The maximum atomic E-state index is 13.7. The molecule has 1 aromatic carbocycles. The Morgan fingerprint density at radius 2 is 2.04 bits per heavy atom. The van der Waals surface area contributed by atoms with Crippen LogP contribution in [0, 0.1) is 11.6 Å². The number of carbonyl (C=O) groups excluding carboxylic acids is 1. The quantitative estimate of drug-likeness (QED) is 0.803. The summed E-state index contributed by atoms with van der Waals surface area (Å²) in [5, 5.41) is 6.32. The minimum absolute atomic E-state index is 0.0527. The van der Waals surface area contributed by atoms with Crippen molar-refractivity contribution >= 4 is 11.7 Å². The largest absolute Gasteiger partial charge is 0.356 e. The lowest BCUT2D eigenvalue weighted by Crippen LogP contribution is -2.15. The lowest BCUT2D eigenvalue weighted by atomic mass is 10.1. The number of benzene rings is 1. The second kappa shape index (κ2) is 6.35. The normalized spacial score (nSPS) is 10.5. The number of carbonyl (C=O) groups is 1. The molecule has 116 valence electrons. The molecule has 0 aliphatic rings. The lowest BCUT2D eigenvalue weighted by Gasteiger charge is -2.01. The molecule has 7 heteroatoms. The fourth-order valence-electron chi connectivity index (χ4n) is 2.00. The molecule has 0 saturated carbocycles. The molecule has 2 heterocycles. The van der Waals surface area contributed by atoms with Crippen molar-refractivity contribution in [2.24, 2.45) is 0 Å². The summed E-state index contributed by atoms with van der Waals surface area (Å²) in [5.41, 5.74) is 0.410. The topological polar surface area (TPSA) is 68.0 Å². The number of nitrogens with one attached hydrogen (secondary N) is 1. The fourth-order valence-corrected chi connectivity index (χ4v) is 2.00. The number of aromatic nitrogens is 2. The first kappa shape index (κ1) is 14.8. The van der Waals surface area contributed by atoms with E-state index in [1.807, 2.05) is 0 Å². The van der Waals surface area contributed by atoms with Crippen LogP contribution in [0.15, 0.2) is 53.2 Å². The summed E-state index contributed by atoms with van der Waals surface area (Å²) < 4.78 is 31.6. The van der Waals surface area contributed by atoms with Gasteiger partial charge in [-0.3, -0.25) is 4.79 Å². The Bertz CT molecular complexity index is 834. The van der Waals surface area contributed by atoms with Crippen molar-refractivity contribution < 1.29 is 18.1 Å². The van der Waals surface area contributed by atoms with E-state index in [4.69, 9.17) is 4.52 Å². The molecule has 0 atom stereocenters. The van der Waals surface area contributed by atoms with Crippen molar-refractivity contribution in [1.29, 1.82) is 0 Å². The van der Waals surface area contributed by atoms with Crippen LogP contribution in [0.4, 0.5) is 14.6 Å². The average molecular weight is 315 g/mol. The van der Waals surface area contributed by atoms with Crippen molar-refractivity contribution in [3.05, 3.63) is 66.0 Å². The van der Waals surface area contributed by atoms with Crippen LogP contribution in [0.25, 0.3) is 11.3 Å². The van der Waals surface area contributed by atoms with E-state index >= 15 is 0 Å². The summed E-state index contributed by atoms with van der Waals surface area (Å²) in [6.45, 7) is 0. The fraction of sp³-hybridized carbons (Fsp3) is 0.0625. The smallest absolute Gasteiger partial charge is 0.231 e. The van der Waals surface area contributed by atoms with Crippen LogP contribution in [-0.4, -0.2) is 16.0 Å². The Kier molecular flexibility index (Phi) is 4.09. The predicted octanol–water partition coefficient (Wildman–Crippen LogP) is 3.20. The molecular formula is C16H11F2N3O2. The van der Waals surface area contributed by atoms with Gasteiger partial charge in [0.15, 0.2) is 5.76 Å². The maximum absolute atomic E-state index is 13.7. The van der Waals surface area contributed by atoms with Crippen LogP contribution < -0.4 is 5.32 Å². The van der Waals surface area contributed by atoms with E-state index in [1.165, 1.54) is 12.1 Å². The Morgan fingerprint density at radius 1 is 1.17 bits per heavy atom. The highest BCUT2D eigenvalue weighted by molar-refractivity contribution is 5.91. The molecule has 0 spiro atoms. The Balaban J connectivity index is 1.71. The SMILES string of the molecule is O=C(Cc1cc(-c2ccc(F)cc2F)on1)Nc1ccccn1. The second-order valence-electron chi connectivity index (χ2n) is 4.75. The van der Waals surface area contributed by atoms with Gasteiger partial charge in [0, 0.05) is 18.3 Å². The van der Waals surface area contributed by atoms with Crippen LogP contribution >= 0.6 is 0 Å². The molecule has 0 fully saturated rings. The molecule has 0 bridgehead atoms. The van der Waals surface area contributed by atoms with Gasteiger partial charge >= 0.3 is 0 Å². The molecule has 2 aromatic heterocycles. The lowest BCUT2D eigenvalue weighted by molar-refractivity contribution is -0.115. The van der Waals surface area contributed by atoms with Crippen molar-refractivity contribution in [3.8, 4) is 11.3 Å². The summed E-state index contributed by atoms with van der Waals surface area (Å²) >= 11 is 0. The van der Waals surface area contributed by atoms with E-state index in [0.29, 0.717) is 11.5 Å². The van der Waals surface area contributed by atoms with Crippen LogP contribution in [0.3, 0.4) is 0 Å². The van der Waals surface area contributed by atoms with Crippen LogP contribution in [0.2, 0.25) is 0 Å². The highest BCUT2D eigenvalue weighted by Gasteiger charge is 2.14. The number of nitrogens with zero attached hydrogens (tertiary/aromatic N) is 2. The molecule has 1 N–H and O–H groups in total. The van der Waals surface area contributed by atoms with E-state index in [1.54, 1.807) is 24.4 Å². The van der Waals surface area contributed by atoms with Gasteiger partial charge in [0.1, 0.15) is 17.5 Å². The summed E-state index contributed by atoms with van der Waals surface area (Å²) in [6, 6.07) is 9.70. The summed E-state index contributed by atoms with van der Waals surface area (Å²) in [4.78, 5) is 15.9. The zero-order chi connectivity index (χ0) is 16.2. The molecule has 0 aliphatic heterocycles. The summed E-state index contributed by atoms with van der Waals surface area (Å²) in [5.74, 6) is -1.22. The van der Waals surface area contributed by atoms with Gasteiger partial charge in [-0.25, -0.2) is 13.8 Å². The molecule has 5 nitrogen and oxygen atoms in total. The summed E-state index contributed by atoms with van der Waals surface area (Å²) in [7, 11) is 0. The zero-order valence-electron chi connectivity index (χ0n) is 11.8. The van der Waals surface area contributed by atoms with Crippen molar-refractivity contribution in [2.45, 2.75) is 6.42 Å². The molecular weight excluding hydrogens is 304 g/mol. The third-order valence-corrected chi connectivity index (χ3v) is 3.03. The molecule has 23 heavy (non-hydrogen) atoms. The Hall–Kier alpha value is -3.09. The minimum Gasteiger partial charge on any atom is -0.356 e. The van der Waals surface area contributed by atoms with E-state index in [0.717, 1.165) is 12.1 Å². The van der Waals surface area contributed by atoms with Gasteiger partial charge < -0.3 is 9.84 Å². The van der Waals surface area contributed by atoms with Crippen LogP contribution in [0.5, 0.6) is 0 Å². The molecule has 0 saturated heterocycles. The number of rotatable bonds is 4. The van der Waals surface area contributed by atoms with Crippen molar-refractivity contribution in [1.82, 2.24) is 10.1 Å². The Morgan fingerprint density at radius 3 is 2.78 bits per heavy atom. The summed E-state index contributed by atoms with van der Waals surface area (Å²) in [6.07, 6.45) is 1.50. The molecule has 3 aromatic rings. The zero-order valence-corrected chi connectivity index (χ0v) is 11.8. The van der Waals surface area contributed by atoms with Crippen molar-refractivity contribution in [2.75, 3.05) is 5.32 Å². The number of hydrogen-bond acceptors (Lipinski definition) is 4. The van der Waals surface area contributed by atoms with E-state index in [9.17, 15) is 13.6 Å². The number of hydrogen-bond donors (Lipinski definition) is 1. The van der Waals surface area contributed by atoms with Crippen LogP contribution in [-0.2, 0) is 11.2 Å². The molecule has 0 radical (unpaired) electrons. The van der Waals surface area contributed by atoms with Gasteiger partial charge in [-0.15, -0.1) is 0 Å². The first-order chi connectivity index (χ1) is 11.1. The van der Waals surface area contributed by atoms with Crippen molar-refractivity contribution in [3.63, 3.8) is 0 Å². The van der Waals surface area contributed by atoms with Gasteiger partial charge in [0.2, 0.25) is 5.91 Å². The number of pyridine rings is 1. The predicted molar refractivity (Wildman–Crippen MR) is 78.4 cm³/mol. The highest BCUT2D eigenvalue weighted by Crippen LogP contribution is 2.24. The molecule has 1 amide bonds. The first-order valence-electron chi connectivity index (χ1n) is 6.74. The van der Waals surface area contributed by atoms with E-state index in [-0.39, 0.29) is 23.7 Å². The van der Waals surface area contributed by atoms with Gasteiger partial charge in [-0.05, 0) is 24.3 Å². The van der Waals surface area contributed by atoms with E-state index in [2.05, 4.69) is 15.5 Å². The highest BCUT2D eigenvalue weighted by atomic mass is 19.1. The van der Waals surface area contributed by atoms with Gasteiger partial charge in [-0.2, -0.15) is 0 Å². The number of anilines is 1. The number of halogens is 2. The van der Waals surface area contributed by atoms with Crippen LogP contribution in [0.1, 0.15) is 5.69 Å². The monoisotopic (exact) mass is 315 g/mol. The third kappa shape index (κ3) is 3.57. The average Bonchev–Trinajstić information content (AvgIpc) is 2.96. The van der Waals surface area contributed by atoms with Gasteiger partial charge in [0.05, 0.1) is 17.7 Å². The van der Waals surface area contributed by atoms with Gasteiger partial charge in [0.25, 0.3) is 0 Å². The minimum atomic E-state index is -0.759. The maximum Gasteiger partial charge on any atom is 0.231 e. The van der Waals surface area contributed by atoms with Gasteiger partial charge in [-0.1, -0.05) is 11.2 Å². The second-order valence-corrected chi connectivity index (χ2v) is 4.75. The number of amides is 1. The molecule has 0 unspecified atom stereocenters. The molecule has 0 aliphatic carbocycles.